The summed E-state index contributed by atoms with van der Waals surface area (Å²) in [5.41, 5.74) is 0. The van der Waals surface area contributed by atoms with Crippen LogP contribution in [0, 0.1) is 5.92 Å². The van der Waals surface area contributed by atoms with E-state index in [9.17, 15) is 75.7 Å². The molecule has 294 valence electrons. The highest BCUT2D eigenvalue weighted by atomic mass is 16.8. The third-order valence-electron chi connectivity index (χ3n) is 8.94. The molecule has 0 radical (unpaired) electrons. The van der Waals surface area contributed by atoms with Crippen LogP contribution in [0.1, 0.15) is 6.92 Å². The van der Waals surface area contributed by atoms with E-state index in [0.29, 0.717) is 0 Å². The Balaban J connectivity index is 1.51. The number of carboxylic acid groups (broad SMARTS) is 3. The van der Waals surface area contributed by atoms with E-state index in [4.69, 9.17) is 42.6 Å². The van der Waals surface area contributed by atoms with Gasteiger partial charge < -0.3 is 118 Å². The highest BCUT2D eigenvalue weighted by Crippen LogP contribution is 2.36. The number of hydrogen-bond donors (Lipinski definition) is 8. The first-order valence-electron chi connectivity index (χ1n) is 15.2. The minimum absolute atomic E-state index is 1.01. The molecule has 0 aromatic heterocycles. The van der Waals surface area contributed by atoms with E-state index >= 15 is 0 Å². The van der Waals surface area contributed by atoms with Crippen molar-refractivity contribution < 1.29 is 118 Å². The van der Waals surface area contributed by atoms with Crippen LogP contribution in [0.25, 0.3) is 0 Å². The minimum Gasteiger partial charge on any atom is -0.829 e. The zero-order chi connectivity index (χ0) is 38.2. The molecule has 4 saturated heterocycles. The molecule has 51 heavy (non-hydrogen) atoms. The van der Waals surface area contributed by atoms with Crippen molar-refractivity contribution >= 4 is 17.9 Å². The molecule has 0 aliphatic carbocycles. The third kappa shape index (κ3) is 8.27. The number of rotatable bonds is 12. The first-order valence-corrected chi connectivity index (χ1v) is 15.2. The van der Waals surface area contributed by atoms with Crippen LogP contribution in [0.2, 0.25) is 0 Å². The van der Waals surface area contributed by atoms with Crippen molar-refractivity contribution in [3.8, 4) is 0 Å². The minimum atomic E-state index is -2.74. The molecule has 4 fully saturated rings. The van der Waals surface area contributed by atoms with Crippen molar-refractivity contribution in [2.75, 3.05) is 14.2 Å². The molecular weight excluding hydrogens is 708 g/mol. The summed E-state index contributed by atoms with van der Waals surface area (Å²) < 4.78 is 46.4. The van der Waals surface area contributed by atoms with Crippen LogP contribution in [-0.4, -0.2) is 196 Å². The molecule has 0 saturated carbocycles. The van der Waals surface area contributed by atoms with Gasteiger partial charge in [-0.15, -0.1) is 0 Å². The lowest BCUT2D eigenvalue weighted by molar-refractivity contribution is -0.521. The number of ether oxygens (including phenoxy) is 9. The summed E-state index contributed by atoms with van der Waals surface area (Å²) in [5.74, 6) is -7.42. The lowest BCUT2D eigenvalue weighted by atomic mass is 9.89. The average molecular weight is 747 g/mol. The monoisotopic (exact) mass is 746 g/mol. The van der Waals surface area contributed by atoms with Crippen LogP contribution in [0.3, 0.4) is 0 Å². The Bertz CT molecular complexity index is 1210. The molecule has 0 aromatic carbocycles. The van der Waals surface area contributed by atoms with Crippen molar-refractivity contribution in [2.24, 2.45) is 5.92 Å². The molecule has 4 heterocycles. The van der Waals surface area contributed by atoms with E-state index in [2.05, 4.69) is 0 Å². The molecule has 4 rings (SSSR count). The number of aliphatic hydroxyl groups is 8. The Morgan fingerprint density at radius 1 is 0.529 bits per heavy atom. The molecule has 0 amide bonds. The van der Waals surface area contributed by atoms with E-state index in [0.717, 1.165) is 14.2 Å². The highest BCUT2D eigenvalue weighted by molar-refractivity contribution is 5.72. The summed E-state index contributed by atoms with van der Waals surface area (Å²) in [6.07, 6.45) is -42.0. The van der Waals surface area contributed by atoms with Gasteiger partial charge in [0.25, 0.3) is 0 Å². The summed E-state index contributed by atoms with van der Waals surface area (Å²) in [4.78, 5) is 35.4. The second kappa shape index (κ2) is 16.8. The van der Waals surface area contributed by atoms with Crippen LogP contribution >= 0.6 is 0 Å². The van der Waals surface area contributed by atoms with E-state index in [1.165, 1.54) is 6.92 Å². The maximum Gasteiger partial charge on any atom is 0.187 e. The largest absolute Gasteiger partial charge is 0.829 e. The van der Waals surface area contributed by atoms with Gasteiger partial charge in [0.15, 0.2) is 25.2 Å². The number of carboxylic acids is 3. The number of carbonyl (C=O) groups is 3. The molecular formula is C27H38O24-4. The van der Waals surface area contributed by atoms with Gasteiger partial charge in [0, 0.05) is 26.4 Å². The van der Waals surface area contributed by atoms with E-state index < -0.39 is 147 Å². The van der Waals surface area contributed by atoms with Gasteiger partial charge in [0.2, 0.25) is 0 Å². The molecule has 21 atom stereocenters. The summed E-state index contributed by atoms with van der Waals surface area (Å²) in [7, 11) is 2.02. The Morgan fingerprint density at radius 3 is 1.27 bits per heavy atom. The Kier molecular flexibility index (Phi) is 13.6. The Hall–Kier alpha value is -2.31. The van der Waals surface area contributed by atoms with Gasteiger partial charge in [-0.1, -0.05) is 6.92 Å². The fourth-order valence-corrected chi connectivity index (χ4v) is 6.13. The van der Waals surface area contributed by atoms with Crippen LogP contribution in [-0.2, 0) is 57.0 Å². The molecule has 0 aromatic rings. The fraction of sp³-hybridized carbons (Fsp3) is 0.889. The number of aliphatic carboxylic acids is 3. The zero-order valence-corrected chi connectivity index (χ0v) is 26.7. The first-order chi connectivity index (χ1) is 23.9. The number of methoxy groups -OCH3 is 2. The second-order valence-corrected chi connectivity index (χ2v) is 12.1. The molecule has 10 unspecified atom stereocenters. The first kappa shape index (κ1) is 41.4. The topological polar surface area (TPSA) is 388 Å². The van der Waals surface area contributed by atoms with Crippen molar-refractivity contribution in [1.29, 1.82) is 0 Å². The maximum atomic E-state index is 12.3. The van der Waals surface area contributed by atoms with Crippen LogP contribution in [0.5, 0.6) is 0 Å². The summed E-state index contributed by atoms with van der Waals surface area (Å²) >= 11 is 0. The maximum absolute atomic E-state index is 12.3. The van der Waals surface area contributed by atoms with Crippen molar-refractivity contribution in [2.45, 2.75) is 130 Å². The van der Waals surface area contributed by atoms with Crippen molar-refractivity contribution in [3.63, 3.8) is 0 Å². The quantitative estimate of drug-likeness (QED) is 0.0859. The number of aliphatic hydroxyl groups excluding tert-OH is 8. The molecule has 24 heteroatoms. The van der Waals surface area contributed by atoms with Gasteiger partial charge in [-0.3, -0.25) is 0 Å². The van der Waals surface area contributed by atoms with E-state index in [1.54, 1.807) is 0 Å². The molecule has 8 N–H and O–H groups in total. The average Bonchev–Trinajstić information content (AvgIpc) is 3.07. The van der Waals surface area contributed by atoms with E-state index in [-0.39, 0.29) is 0 Å². The Morgan fingerprint density at radius 2 is 0.882 bits per heavy atom. The van der Waals surface area contributed by atoms with Crippen LogP contribution < -0.4 is 20.4 Å². The molecule has 4 aliphatic rings. The number of hydrogen-bond acceptors (Lipinski definition) is 24. The van der Waals surface area contributed by atoms with E-state index in [1.807, 2.05) is 0 Å². The lowest BCUT2D eigenvalue weighted by Gasteiger charge is -2.51. The summed E-state index contributed by atoms with van der Waals surface area (Å²) in [6.45, 7) is 1.18. The van der Waals surface area contributed by atoms with Gasteiger partial charge in [0.05, 0.1) is 30.1 Å². The van der Waals surface area contributed by atoms with Gasteiger partial charge in [0.1, 0.15) is 79.4 Å². The molecule has 4 aliphatic heterocycles. The highest BCUT2D eigenvalue weighted by Gasteiger charge is 2.55. The number of carbonyl (C=O) groups excluding carboxylic acids is 3. The van der Waals surface area contributed by atoms with Gasteiger partial charge >= 0.3 is 0 Å². The summed E-state index contributed by atoms with van der Waals surface area (Å²) in [5, 5.41) is 132. The van der Waals surface area contributed by atoms with Gasteiger partial charge in [-0.2, -0.15) is 0 Å². The fourth-order valence-electron chi connectivity index (χ4n) is 6.13. The standard InChI is InChI=1S/C27H41O24/c1-4-5(28)25(49-16(20(35)36)12(4)45-26-10(33)6(29)13(43-2)17(50-26)21(37)38)46-15-8(31)11(34)27(51-19(15)23(41)42)47-14-7(30)9(32)24(44-3)48-18(14)22(39)40/h4-20,24-35H,1-3H3,(H,37,38)(H,39,40)(H,41,42)/q-1/p-3/t4?,5?,6-,7?,8?,9?,10?,11+,12-,13-,14-,15-,16?,17?,18+,19?,20?,24+,25+,26+,27+/m0/s1. The molecule has 0 spiro atoms. The SMILES string of the molecule is CO[C@@H]1O[C@@H](C(=O)[O-])[C@@H](O[C@@H]2OC(C(=O)[O-])[C@@H](O[C@@H]3OC(C([O-])O)[C@@H](O[C@@H]4OC(C(=O)[O-])[C@@H](OC)[C@@H](O)C4O)C(C)C3O)C(O)[C@H]2O)C(O)C1O. The van der Waals surface area contributed by atoms with Crippen molar-refractivity contribution in [1.82, 2.24) is 0 Å². The van der Waals surface area contributed by atoms with Crippen LogP contribution in [0.4, 0.5) is 0 Å². The predicted molar refractivity (Wildman–Crippen MR) is 139 cm³/mol. The van der Waals surface area contributed by atoms with Crippen LogP contribution in [0.15, 0.2) is 0 Å². The molecule has 0 bridgehead atoms. The smallest absolute Gasteiger partial charge is 0.187 e. The lowest BCUT2D eigenvalue weighted by Crippen LogP contribution is -2.69. The predicted octanol–water partition coefficient (Wildman–Crippen LogP) is -12.2. The van der Waals surface area contributed by atoms with Gasteiger partial charge in [-0.25, -0.2) is 0 Å². The summed E-state index contributed by atoms with van der Waals surface area (Å²) in [6, 6.07) is 0. The normalized spacial score (nSPS) is 48.5. The second-order valence-electron chi connectivity index (χ2n) is 12.1. The zero-order valence-electron chi connectivity index (χ0n) is 26.7. The Labute approximate surface area is 286 Å². The van der Waals surface area contributed by atoms with Crippen molar-refractivity contribution in [3.05, 3.63) is 0 Å². The molecule has 24 nitrogen and oxygen atoms in total. The third-order valence-corrected chi connectivity index (χ3v) is 8.94. The van der Waals surface area contributed by atoms with Gasteiger partial charge in [-0.05, 0) is 0 Å².